The molecular formula is C14H17ClN2. The van der Waals surface area contributed by atoms with Gasteiger partial charge in [0.15, 0.2) is 0 Å². The van der Waals surface area contributed by atoms with Crippen molar-refractivity contribution >= 4 is 17.3 Å². The number of para-hydroxylation sites is 1. The van der Waals surface area contributed by atoms with Gasteiger partial charge in [-0.1, -0.05) is 30.7 Å². The minimum atomic E-state index is 0.765. The zero-order valence-corrected chi connectivity index (χ0v) is 10.7. The Labute approximate surface area is 107 Å². The van der Waals surface area contributed by atoms with Crippen molar-refractivity contribution in [1.29, 1.82) is 0 Å². The number of aromatic nitrogens is 1. The van der Waals surface area contributed by atoms with Gasteiger partial charge in [-0.05, 0) is 30.7 Å². The summed E-state index contributed by atoms with van der Waals surface area (Å²) in [7, 11) is 0. The molecule has 0 bridgehead atoms. The predicted molar refractivity (Wildman–Crippen MR) is 73.5 cm³/mol. The Morgan fingerprint density at radius 2 is 2.00 bits per heavy atom. The number of nitrogens with zero attached hydrogens (tertiary/aromatic N) is 1. The molecule has 0 aliphatic carbocycles. The molecule has 1 aromatic carbocycles. The second kappa shape index (κ2) is 5.78. The van der Waals surface area contributed by atoms with E-state index in [0.29, 0.717) is 0 Å². The summed E-state index contributed by atoms with van der Waals surface area (Å²) in [5.41, 5.74) is 2.27. The van der Waals surface area contributed by atoms with E-state index >= 15 is 0 Å². The number of hydrogen-bond donors (Lipinski definition) is 1. The summed E-state index contributed by atoms with van der Waals surface area (Å²) in [5, 5.41) is 4.13. The molecule has 3 heteroatoms. The van der Waals surface area contributed by atoms with Gasteiger partial charge in [0.1, 0.15) is 0 Å². The third-order valence-electron chi connectivity index (χ3n) is 2.72. The smallest absolute Gasteiger partial charge is 0.0637 e. The van der Waals surface area contributed by atoms with Crippen LogP contribution in [0.15, 0.2) is 42.6 Å². The highest BCUT2D eigenvalue weighted by atomic mass is 35.5. The van der Waals surface area contributed by atoms with Crippen molar-refractivity contribution in [3.05, 3.63) is 53.3 Å². The highest BCUT2D eigenvalue weighted by Gasteiger charge is 2.01. The number of nitrogens with one attached hydrogen (secondary N) is 1. The van der Waals surface area contributed by atoms with Crippen LogP contribution in [-0.4, -0.2) is 4.57 Å². The first-order valence-corrected chi connectivity index (χ1v) is 6.31. The number of rotatable bonds is 5. The number of hydrogen-bond acceptors (Lipinski definition) is 1. The van der Waals surface area contributed by atoms with E-state index in [1.165, 1.54) is 5.69 Å². The molecule has 2 nitrogen and oxygen atoms in total. The molecular weight excluding hydrogens is 232 g/mol. The molecule has 0 unspecified atom stereocenters. The lowest BCUT2D eigenvalue weighted by atomic mass is 10.3. The van der Waals surface area contributed by atoms with E-state index < -0.39 is 0 Å². The molecule has 2 aromatic rings. The maximum Gasteiger partial charge on any atom is 0.0637 e. The van der Waals surface area contributed by atoms with Gasteiger partial charge >= 0.3 is 0 Å². The third kappa shape index (κ3) is 3.04. The van der Waals surface area contributed by atoms with Gasteiger partial charge in [-0.2, -0.15) is 0 Å². The molecule has 1 aromatic heterocycles. The van der Waals surface area contributed by atoms with Crippen LogP contribution in [0.5, 0.6) is 0 Å². The van der Waals surface area contributed by atoms with Crippen molar-refractivity contribution in [1.82, 2.24) is 4.57 Å². The lowest BCUT2D eigenvalue weighted by Gasteiger charge is -2.11. The van der Waals surface area contributed by atoms with Gasteiger partial charge in [0, 0.05) is 18.4 Å². The van der Waals surface area contributed by atoms with Crippen LogP contribution in [0.2, 0.25) is 5.02 Å². The van der Waals surface area contributed by atoms with Gasteiger partial charge in [0.05, 0.1) is 17.3 Å². The maximum absolute atomic E-state index is 6.10. The molecule has 2 rings (SSSR count). The Kier molecular flexibility index (Phi) is 4.10. The van der Waals surface area contributed by atoms with Gasteiger partial charge in [0.25, 0.3) is 0 Å². The van der Waals surface area contributed by atoms with E-state index in [4.69, 9.17) is 11.6 Å². The van der Waals surface area contributed by atoms with Gasteiger partial charge < -0.3 is 9.88 Å². The molecule has 17 heavy (non-hydrogen) atoms. The third-order valence-corrected chi connectivity index (χ3v) is 3.05. The van der Waals surface area contributed by atoms with Crippen molar-refractivity contribution < 1.29 is 0 Å². The standard InChI is InChI=1S/C14H17ClN2/c1-2-9-17-10-5-6-12(17)11-16-14-8-4-3-7-13(14)15/h3-8,10,16H,2,9,11H2,1H3. The van der Waals surface area contributed by atoms with Gasteiger partial charge in [-0.25, -0.2) is 0 Å². The average molecular weight is 249 g/mol. The molecule has 0 amide bonds. The topological polar surface area (TPSA) is 17.0 Å². The van der Waals surface area contributed by atoms with Gasteiger partial charge in [0.2, 0.25) is 0 Å². The molecule has 0 atom stereocenters. The first kappa shape index (κ1) is 12.1. The molecule has 1 N–H and O–H groups in total. The fourth-order valence-electron chi connectivity index (χ4n) is 1.86. The number of aryl methyl sites for hydroxylation is 1. The molecule has 0 fully saturated rings. The minimum Gasteiger partial charge on any atom is -0.378 e. The van der Waals surface area contributed by atoms with Crippen LogP contribution < -0.4 is 5.32 Å². The quantitative estimate of drug-likeness (QED) is 0.841. The maximum atomic E-state index is 6.10. The SMILES string of the molecule is CCCn1cccc1CNc1ccccc1Cl. The minimum absolute atomic E-state index is 0.765. The van der Waals surface area contributed by atoms with E-state index in [-0.39, 0.29) is 0 Å². The lowest BCUT2D eigenvalue weighted by Crippen LogP contribution is -2.07. The summed E-state index contributed by atoms with van der Waals surface area (Å²) in [4.78, 5) is 0. The Hall–Kier alpha value is -1.41. The van der Waals surface area contributed by atoms with Crippen LogP contribution >= 0.6 is 11.6 Å². The van der Waals surface area contributed by atoms with Crippen LogP contribution in [0.1, 0.15) is 19.0 Å². The van der Waals surface area contributed by atoms with Crippen LogP contribution in [0.3, 0.4) is 0 Å². The van der Waals surface area contributed by atoms with Crippen LogP contribution in [0, 0.1) is 0 Å². The summed E-state index contributed by atoms with van der Waals surface area (Å²) in [6.07, 6.45) is 3.26. The summed E-state index contributed by atoms with van der Waals surface area (Å²) in [5.74, 6) is 0. The monoisotopic (exact) mass is 248 g/mol. The fourth-order valence-corrected chi connectivity index (χ4v) is 2.06. The van der Waals surface area contributed by atoms with Crippen LogP contribution in [0.4, 0.5) is 5.69 Å². The first-order valence-electron chi connectivity index (χ1n) is 5.93. The summed E-state index contributed by atoms with van der Waals surface area (Å²) in [6.45, 7) is 4.05. The van der Waals surface area contributed by atoms with Gasteiger partial charge in [-0.15, -0.1) is 0 Å². The van der Waals surface area contributed by atoms with Crippen molar-refractivity contribution in [2.75, 3.05) is 5.32 Å². The molecule has 0 aliphatic heterocycles. The molecule has 90 valence electrons. The van der Waals surface area contributed by atoms with Crippen molar-refractivity contribution in [2.45, 2.75) is 26.4 Å². The normalized spacial score (nSPS) is 10.5. The molecule has 1 heterocycles. The average Bonchev–Trinajstić information content (AvgIpc) is 2.76. The predicted octanol–water partition coefficient (Wildman–Crippen LogP) is 4.16. The molecule has 0 aliphatic rings. The van der Waals surface area contributed by atoms with E-state index in [2.05, 4.69) is 35.1 Å². The second-order valence-electron chi connectivity index (χ2n) is 4.03. The van der Waals surface area contributed by atoms with E-state index in [1.54, 1.807) is 0 Å². The second-order valence-corrected chi connectivity index (χ2v) is 4.43. The lowest BCUT2D eigenvalue weighted by molar-refractivity contribution is 0.654. The molecule has 0 saturated carbocycles. The number of benzene rings is 1. The van der Waals surface area contributed by atoms with Gasteiger partial charge in [-0.3, -0.25) is 0 Å². The Bertz CT molecular complexity index is 477. The van der Waals surface area contributed by atoms with Crippen molar-refractivity contribution in [2.24, 2.45) is 0 Å². The van der Waals surface area contributed by atoms with Crippen molar-refractivity contribution in [3.63, 3.8) is 0 Å². The fraction of sp³-hybridized carbons (Fsp3) is 0.286. The molecule has 0 saturated heterocycles. The summed E-state index contributed by atoms with van der Waals surface area (Å²) >= 11 is 6.10. The summed E-state index contributed by atoms with van der Waals surface area (Å²) < 4.78 is 2.27. The molecule has 0 radical (unpaired) electrons. The first-order chi connectivity index (χ1) is 8.31. The van der Waals surface area contributed by atoms with E-state index in [0.717, 1.165) is 30.2 Å². The molecule has 0 spiro atoms. The summed E-state index contributed by atoms with van der Waals surface area (Å²) in [6, 6.07) is 12.0. The Morgan fingerprint density at radius 3 is 2.76 bits per heavy atom. The number of halogens is 1. The van der Waals surface area contributed by atoms with Crippen LogP contribution in [0.25, 0.3) is 0 Å². The largest absolute Gasteiger partial charge is 0.378 e. The zero-order chi connectivity index (χ0) is 12.1. The highest BCUT2D eigenvalue weighted by Crippen LogP contribution is 2.21. The van der Waals surface area contributed by atoms with E-state index in [1.807, 2.05) is 24.3 Å². The van der Waals surface area contributed by atoms with E-state index in [9.17, 15) is 0 Å². The Balaban J connectivity index is 2.02. The Morgan fingerprint density at radius 1 is 1.18 bits per heavy atom. The van der Waals surface area contributed by atoms with Crippen LogP contribution in [-0.2, 0) is 13.1 Å². The highest BCUT2D eigenvalue weighted by molar-refractivity contribution is 6.33. The number of anilines is 1. The van der Waals surface area contributed by atoms with Crippen molar-refractivity contribution in [3.8, 4) is 0 Å². The zero-order valence-electron chi connectivity index (χ0n) is 9.99.